The van der Waals surface area contributed by atoms with Crippen molar-refractivity contribution in [2.75, 3.05) is 12.8 Å². The van der Waals surface area contributed by atoms with Gasteiger partial charge in [0.05, 0.1) is 5.25 Å². The molecule has 14 heavy (non-hydrogen) atoms. The van der Waals surface area contributed by atoms with Crippen molar-refractivity contribution in [3.05, 3.63) is 0 Å². The lowest BCUT2D eigenvalue weighted by Gasteiger charge is -2.27. The Morgan fingerprint density at radius 1 is 1.50 bits per heavy atom. The van der Waals surface area contributed by atoms with Crippen molar-refractivity contribution in [1.82, 2.24) is 5.32 Å². The van der Waals surface area contributed by atoms with Gasteiger partial charge in [0.15, 0.2) is 0 Å². The molecule has 5 heteroatoms. The van der Waals surface area contributed by atoms with Gasteiger partial charge in [-0.05, 0) is 12.8 Å². The van der Waals surface area contributed by atoms with Crippen molar-refractivity contribution in [3.8, 4) is 0 Å². The molecule has 1 amide bonds. The standard InChI is InChI=1S/C9H18N2O2S/c1-11-9(12)6-14(13)8-5-3-2-4-7(8)10/h7-8H,2-6,10H2,1H3,(H,11,12). The normalized spacial score (nSPS) is 29.6. The van der Waals surface area contributed by atoms with E-state index in [1.165, 1.54) is 0 Å². The van der Waals surface area contributed by atoms with E-state index in [1.807, 2.05) is 0 Å². The minimum atomic E-state index is -1.10. The fourth-order valence-corrected chi connectivity index (χ4v) is 3.33. The van der Waals surface area contributed by atoms with Crippen molar-refractivity contribution in [3.63, 3.8) is 0 Å². The van der Waals surface area contributed by atoms with Crippen molar-refractivity contribution in [2.45, 2.75) is 37.0 Å². The van der Waals surface area contributed by atoms with E-state index in [9.17, 15) is 9.00 Å². The molecule has 0 saturated heterocycles. The minimum Gasteiger partial charge on any atom is -0.358 e. The predicted molar refractivity (Wildman–Crippen MR) is 57.3 cm³/mol. The molecule has 0 bridgehead atoms. The van der Waals surface area contributed by atoms with Crippen molar-refractivity contribution >= 4 is 16.7 Å². The molecule has 0 spiro atoms. The van der Waals surface area contributed by atoms with Crippen LogP contribution >= 0.6 is 0 Å². The minimum absolute atomic E-state index is 0.00856. The van der Waals surface area contributed by atoms with Gasteiger partial charge in [-0.2, -0.15) is 0 Å². The fraction of sp³-hybridized carbons (Fsp3) is 0.889. The summed E-state index contributed by atoms with van der Waals surface area (Å²) in [6.45, 7) is 0. The number of carbonyl (C=O) groups is 1. The summed E-state index contributed by atoms with van der Waals surface area (Å²) >= 11 is 0. The Hall–Kier alpha value is -0.420. The number of carbonyl (C=O) groups excluding carboxylic acids is 1. The largest absolute Gasteiger partial charge is 0.358 e. The van der Waals surface area contributed by atoms with E-state index in [-0.39, 0.29) is 23.0 Å². The first-order valence-corrected chi connectivity index (χ1v) is 6.36. The first-order chi connectivity index (χ1) is 6.65. The summed E-state index contributed by atoms with van der Waals surface area (Å²) in [6.07, 6.45) is 4.03. The molecule has 0 aromatic rings. The molecule has 1 saturated carbocycles. The second-order valence-electron chi connectivity index (χ2n) is 3.69. The molecule has 1 aliphatic carbocycles. The van der Waals surface area contributed by atoms with Crippen LogP contribution in [0, 0.1) is 0 Å². The Bertz CT molecular complexity index is 233. The highest BCUT2D eigenvalue weighted by molar-refractivity contribution is 7.86. The molecular formula is C9H18N2O2S. The molecule has 3 N–H and O–H groups in total. The molecule has 4 nitrogen and oxygen atoms in total. The molecule has 0 aromatic heterocycles. The molecule has 0 heterocycles. The summed E-state index contributed by atoms with van der Waals surface area (Å²) in [5.41, 5.74) is 5.87. The second-order valence-corrected chi connectivity index (χ2v) is 5.34. The van der Waals surface area contributed by atoms with E-state index in [1.54, 1.807) is 7.05 Å². The van der Waals surface area contributed by atoms with Crippen LogP contribution < -0.4 is 11.1 Å². The monoisotopic (exact) mass is 218 g/mol. The Kier molecular flexibility index (Phi) is 4.54. The Morgan fingerprint density at radius 3 is 2.71 bits per heavy atom. The van der Waals surface area contributed by atoms with Crippen LogP contribution in [0.1, 0.15) is 25.7 Å². The maximum Gasteiger partial charge on any atom is 0.232 e. The van der Waals surface area contributed by atoms with Crippen molar-refractivity contribution < 1.29 is 9.00 Å². The van der Waals surface area contributed by atoms with Gasteiger partial charge < -0.3 is 11.1 Å². The molecular weight excluding hydrogens is 200 g/mol. The molecule has 3 atom stereocenters. The zero-order valence-corrected chi connectivity index (χ0v) is 9.31. The third kappa shape index (κ3) is 3.06. The summed E-state index contributed by atoms with van der Waals surface area (Å²) < 4.78 is 11.7. The number of nitrogens with one attached hydrogen (secondary N) is 1. The second kappa shape index (κ2) is 5.46. The van der Waals surface area contributed by atoms with E-state index in [0.717, 1.165) is 25.7 Å². The molecule has 1 fully saturated rings. The van der Waals surface area contributed by atoms with Gasteiger partial charge in [0.1, 0.15) is 5.75 Å². The van der Waals surface area contributed by atoms with Crippen LogP contribution in [-0.2, 0) is 15.6 Å². The molecule has 0 aromatic carbocycles. The Labute approximate surface area is 87.1 Å². The van der Waals surface area contributed by atoms with Gasteiger partial charge in [-0.25, -0.2) is 0 Å². The third-order valence-corrected chi connectivity index (χ3v) is 4.45. The SMILES string of the molecule is CNC(=O)CS(=O)C1CCCCC1N. The maximum absolute atomic E-state index is 11.7. The van der Waals surface area contributed by atoms with E-state index in [2.05, 4.69) is 5.32 Å². The number of nitrogens with two attached hydrogens (primary N) is 1. The number of hydrogen-bond acceptors (Lipinski definition) is 3. The van der Waals surface area contributed by atoms with Crippen LogP contribution in [0.15, 0.2) is 0 Å². The highest BCUT2D eigenvalue weighted by Gasteiger charge is 2.27. The molecule has 0 aliphatic heterocycles. The van der Waals surface area contributed by atoms with Gasteiger partial charge in [-0.3, -0.25) is 9.00 Å². The summed E-state index contributed by atoms with van der Waals surface area (Å²) in [5, 5.41) is 2.49. The van der Waals surface area contributed by atoms with Crippen molar-refractivity contribution in [1.29, 1.82) is 0 Å². The lowest BCUT2D eigenvalue weighted by atomic mass is 9.96. The first-order valence-electron chi connectivity index (χ1n) is 4.98. The molecule has 3 unspecified atom stereocenters. The van der Waals surface area contributed by atoms with Gasteiger partial charge in [0.2, 0.25) is 5.91 Å². The van der Waals surface area contributed by atoms with E-state index >= 15 is 0 Å². The number of rotatable bonds is 3. The highest BCUT2D eigenvalue weighted by atomic mass is 32.2. The fourth-order valence-electron chi connectivity index (χ4n) is 1.76. The summed E-state index contributed by atoms with van der Waals surface area (Å²) in [5.74, 6) is -0.0735. The number of amides is 1. The maximum atomic E-state index is 11.7. The van der Waals surface area contributed by atoms with Crippen LogP contribution in [0.2, 0.25) is 0 Å². The summed E-state index contributed by atoms with van der Waals surface area (Å²) in [4.78, 5) is 11.0. The Morgan fingerprint density at radius 2 is 2.14 bits per heavy atom. The van der Waals surface area contributed by atoms with Gasteiger partial charge >= 0.3 is 0 Å². The van der Waals surface area contributed by atoms with E-state index < -0.39 is 10.8 Å². The average molecular weight is 218 g/mol. The molecule has 1 rings (SSSR count). The van der Waals surface area contributed by atoms with Crippen LogP contribution in [0.3, 0.4) is 0 Å². The zero-order chi connectivity index (χ0) is 10.6. The summed E-state index contributed by atoms with van der Waals surface area (Å²) in [6, 6.07) is 0.00856. The predicted octanol–water partition coefficient (Wildman–Crippen LogP) is -0.249. The molecule has 82 valence electrons. The lowest BCUT2D eigenvalue weighted by Crippen LogP contribution is -2.42. The highest BCUT2D eigenvalue weighted by Crippen LogP contribution is 2.21. The third-order valence-electron chi connectivity index (χ3n) is 2.64. The van der Waals surface area contributed by atoms with Crippen LogP contribution in [-0.4, -0.2) is 34.2 Å². The average Bonchev–Trinajstić information content (AvgIpc) is 2.18. The van der Waals surface area contributed by atoms with Crippen molar-refractivity contribution in [2.24, 2.45) is 5.73 Å². The topological polar surface area (TPSA) is 72.2 Å². The first kappa shape index (κ1) is 11.7. The van der Waals surface area contributed by atoms with E-state index in [4.69, 9.17) is 5.73 Å². The van der Waals surface area contributed by atoms with Crippen LogP contribution in [0.4, 0.5) is 0 Å². The number of hydrogen-bond donors (Lipinski definition) is 2. The molecule has 1 aliphatic rings. The van der Waals surface area contributed by atoms with E-state index in [0.29, 0.717) is 0 Å². The zero-order valence-electron chi connectivity index (χ0n) is 8.49. The summed E-state index contributed by atoms with van der Waals surface area (Å²) in [7, 11) is 0.452. The van der Waals surface area contributed by atoms with Crippen LogP contribution in [0.5, 0.6) is 0 Å². The molecule has 0 radical (unpaired) electrons. The smallest absolute Gasteiger partial charge is 0.232 e. The van der Waals surface area contributed by atoms with Crippen LogP contribution in [0.25, 0.3) is 0 Å². The lowest BCUT2D eigenvalue weighted by molar-refractivity contribution is -0.118. The van der Waals surface area contributed by atoms with Gasteiger partial charge in [0, 0.05) is 23.9 Å². The van der Waals surface area contributed by atoms with Gasteiger partial charge in [-0.1, -0.05) is 12.8 Å². The Balaban J connectivity index is 2.46. The van der Waals surface area contributed by atoms with Gasteiger partial charge in [-0.15, -0.1) is 0 Å². The van der Waals surface area contributed by atoms with Gasteiger partial charge in [0.25, 0.3) is 0 Å². The quantitative estimate of drug-likeness (QED) is 0.686.